The van der Waals surface area contributed by atoms with Gasteiger partial charge in [0.2, 0.25) is 11.6 Å². The summed E-state index contributed by atoms with van der Waals surface area (Å²) < 4.78 is 5.91. The van der Waals surface area contributed by atoms with Gasteiger partial charge in [0.1, 0.15) is 5.75 Å². The van der Waals surface area contributed by atoms with E-state index in [0.717, 1.165) is 96.9 Å². The zero-order chi connectivity index (χ0) is 32.0. The lowest BCUT2D eigenvalue weighted by molar-refractivity contribution is -0.680. The summed E-state index contributed by atoms with van der Waals surface area (Å²) >= 11 is 0. The van der Waals surface area contributed by atoms with Crippen molar-refractivity contribution in [1.82, 2.24) is 10.3 Å². The van der Waals surface area contributed by atoms with Crippen LogP contribution in [-0.4, -0.2) is 42.8 Å². The van der Waals surface area contributed by atoms with Gasteiger partial charge in [0.05, 0.1) is 18.3 Å². The lowest BCUT2D eigenvalue weighted by Crippen LogP contribution is -2.64. The topological polar surface area (TPSA) is 83.1 Å². The number of anilines is 1. The molecule has 6 aliphatic rings. The number of methoxy groups -OCH3 is 1. The minimum atomic E-state index is -0.739. The molecular weight excluding hydrogens is 590 g/mol. The second-order valence-corrected chi connectivity index (χ2v) is 15.4. The number of fused-ring (bicyclic) bond motifs is 1. The summed E-state index contributed by atoms with van der Waals surface area (Å²) in [6, 6.07) is 15.1. The van der Waals surface area contributed by atoms with E-state index in [9.17, 15) is 0 Å². The predicted molar refractivity (Wildman–Crippen MR) is 182 cm³/mol. The van der Waals surface area contributed by atoms with Gasteiger partial charge in [-0.15, -0.1) is 0 Å². The van der Waals surface area contributed by atoms with Gasteiger partial charge < -0.3 is 15.4 Å². The number of aryl methyl sites for hydroxylation is 1. The quantitative estimate of drug-likeness (QED) is 0.169. The molecular formula is C39H51N3O5. The van der Waals surface area contributed by atoms with Crippen LogP contribution in [0.1, 0.15) is 83.1 Å². The zero-order valence-electron chi connectivity index (χ0n) is 28.3. The van der Waals surface area contributed by atoms with E-state index in [2.05, 4.69) is 60.9 Å². The molecule has 0 amide bonds. The number of rotatable bonds is 10. The third kappa shape index (κ3) is 6.05. The van der Waals surface area contributed by atoms with Crippen molar-refractivity contribution in [3.8, 4) is 16.9 Å². The normalized spacial score (nSPS) is 33.5. The summed E-state index contributed by atoms with van der Waals surface area (Å²) in [5, 5.41) is 8.55. The summed E-state index contributed by atoms with van der Waals surface area (Å²) in [5.74, 6) is 2.58. The second-order valence-electron chi connectivity index (χ2n) is 15.4. The molecule has 3 aromatic rings. The number of hydrogen-bond acceptors (Lipinski definition) is 8. The van der Waals surface area contributed by atoms with Crippen molar-refractivity contribution in [2.45, 2.75) is 102 Å². The number of nitrogens with one attached hydrogen (secondary N) is 2. The number of hydrogen-bond donors (Lipinski definition) is 2. The van der Waals surface area contributed by atoms with Crippen LogP contribution < -0.4 is 15.4 Å². The van der Waals surface area contributed by atoms with Gasteiger partial charge in [-0.25, -0.2) is 0 Å². The van der Waals surface area contributed by atoms with Crippen LogP contribution in [0.5, 0.6) is 5.75 Å². The van der Waals surface area contributed by atoms with Gasteiger partial charge in [-0.1, -0.05) is 35.9 Å². The Balaban J connectivity index is 0.791. The fraction of sp³-hybridized carbons (Fsp3) is 0.615. The second kappa shape index (κ2) is 12.9. The Morgan fingerprint density at radius 2 is 1.64 bits per heavy atom. The summed E-state index contributed by atoms with van der Waals surface area (Å²) in [6.45, 7) is 6.37. The molecule has 6 fully saturated rings. The van der Waals surface area contributed by atoms with Gasteiger partial charge >= 0.3 is 0 Å². The summed E-state index contributed by atoms with van der Waals surface area (Å²) in [5.41, 5.74) is 5.44. The minimum absolute atomic E-state index is 0.296. The maximum Gasteiger partial charge on any atom is 0.239 e. The highest BCUT2D eigenvalue weighted by molar-refractivity contribution is 6.04. The molecule has 5 aliphatic carbocycles. The number of nitrogens with zero attached hydrogens (tertiary/aromatic N) is 1. The molecule has 252 valence electrons. The first kappa shape index (κ1) is 31.5. The van der Waals surface area contributed by atoms with Crippen LogP contribution in [0.4, 0.5) is 5.69 Å². The van der Waals surface area contributed by atoms with Crippen molar-refractivity contribution in [3.63, 3.8) is 0 Å². The predicted octanol–water partition coefficient (Wildman–Crippen LogP) is 8.34. The fourth-order valence-corrected chi connectivity index (χ4v) is 9.60. The number of ether oxygens (including phenoxy) is 1. The SMILES string of the molecule is COc1cc(NC(C)CCCNCC2CCC3(CC2)OOC2(OO3)C3CC4CC(C3)CC2C4)c2ncccc2c1-c1ccc(C)cc1. The smallest absolute Gasteiger partial charge is 0.239 e. The molecule has 2 aromatic carbocycles. The molecule has 0 radical (unpaired) electrons. The molecule has 8 nitrogen and oxygen atoms in total. The largest absolute Gasteiger partial charge is 0.496 e. The van der Waals surface area contributed by atoms with E-state index in [-0.39, 0.29) is 0 Å². The van der Waals surface area contributed by atoms with Crippen LogP contribution in [-0.2, 0) is 19.6 Å². The maximum absolute atomic E-state index is 6.24. The molecule has 1 unspecified atom stereocenters. The lowest BCUT2D eigenvalue weighted by atomic mass is 9.53. The van der Waals surface area contributed by atoms with E-state index in [4.69, 9.17) is 29.3 Å². The summed E-state index contributed by atoms with van der Waals surface area (Å²) in [7, 11) is 1.75. The molecule has 2 spiro atoms. The Labute approximate surface area is 279 Å². The van der Waals surface area contributed by atoms with Crippen molar-refractivity contribution in [2.24, 2.45) is 29.6 Å². The number of aromatic nitrogens is 1. The van der Waals surface area contributed by atoms with Crippen molar-refractivity contribution < 1.29 is 24.3 Å². The fourth-order valence-electron chi connectivity index (χ4n) is 9.60. The van der Waals surface area contributed by atoms with E-state index in [1.807, 2.05) is 12.3 Å². The van der Waals surface area contributed by atoms with Crippen LogP contribution in [0, 0.1) is 36.5 Å². The van der Waals surface area contributed by atoms with Gasteiger partial charge in [0.25, 0.3) is 0 Å². The molecule has 1 atom stereocenters. The van der Waals surface area contributed by atoms with Gasteiger partial charge in [-0.2, -0.15) is 19.6 Å². The maximum atomic E-state index is 6.24. The first-order valence-corrected chi connectivity index (χ1v) is 18.2. The molecule has 2 N–H and O–H groups in total. The molecule has 9 rings (SSSR count). The Kier molecular flexibility index (Phi) is 8.67. The van der Waals surface area contributed by atoms with Gasteiger partial charge in [0.15, 0.2) is 0 Å². The van der Waals surface area contributed by atoms with Crippen LogP contribution in [0.3, 0.4) is 0 Å². The first-order chi connectivity index (χ1) is 22.9. The van der Waals surface area contributed by atoms with Crippen molar-refractivity contribution in [3.05, 3.63) is 54.2 Å². The van der Waals surface area contributed by atoms with E-state index in [1.165, 1.54) is 37.7 Å². The Morgan fingerprint density at radius 1 is 0.936 bits per heavy atom. The third-order valence-electron chi connectivity index (χ3n) is 12.0. The van der Waals surface area contributed by atoms with Crippen molar-refractivity contribution in [2.75, 3.05) is 25.5 Å². The van der Waals surface area contributed by atoms with Crippen molar-refractivity contribution in [1.29, 1.82) is 0 Å². The van der Waals surface area contributed by atoms with Crippen LogP contribution in [0.25, 0.3) is 22.0 Å². The average Bonchev–Trinajstić information content (AvgIpc) is 3.09. The van der Waals surface area contributed by atoms with E-state index in [1.54, 1.807) is 7.11 Å². The Bertz CT molecular complexity index is 1510. The summed E-state index contributed by atoms with van der Waals surface area (Å²) in [4.78, 5) is 29.5. The molecule has 1 aliphatic heterocycles. The van der Waals surface area contributed by atoms with Crippen LogP contribution in [0.15, 0.2) is 48.7 Å². The van der Waals surface area contributed by atoms with E-state index >= 15 is 0 Å². The zero-order valence-corrected chi connectivity index (χ0v) is 28.3. The van der Waals surface area contributed by atoms with E-state index < -0.39 is 11.6 Å². The van der Waals surface area contributed by atoms with Crippen LogP contribution in [0.2, 0.25) is 0 Å². The average molecular weight is 642 g/mol. The minimum Gasteiger partial charge on any atom is -0.496 e. The molecule has 8 heteroatoms. The highest BCUT2D eigenvalue weighted by Crippen LogP contribution is 2.62. The monoisotopic (exact) mass is 641 g/mol. The summed E-state index contributed by atoms with van der Waals surface area (Å²) in [6.07, 6.45) is 13.9. The molecule has 4 bridgehead atoms. The molecule has 5 saturated carbocycles. The number of pyridine rings is 1. The van der Waals surface area contributed by atoms with Gasteiger partial charge in [-0.3, -0.25) is 4.98 Å². The number of benzene rings is 2. The highest BCUT2D eigenvalue weighted by Gasteiger charge is 2.64. The Morgan fingerprint density at radius 3 is 2.32 bits per heavy atom. The van der Waals surface area contributed by atoms with E-state index in [0.29, 0.717) is 23.8 Å². The molecule has 47 heavy (non-hydrogen) atoms. The lowest BCUT2D eigenvalue weighted by Gasteiger charge is -2.60. The first-order valence-electron chi connectivity index (χ1n) is 18.2. The molecule has 1 aromatic heterocycles. The molecule has 1 saturated heterocycles. The van der Waals surface area contributed by atoms with Crippen molar-refractivity contribution >= 4 is 16.6 Å². The highest BCUT2D eigenvalue weighted by atomic mass is 17.4. The van der Waals surface area contributed by atoms with Gasteiger partial charge in [-0.05, 0) is 114 Å². The van der Waals surface area contributed by atoms with Crippen LogP contribution >= 0.6 is 0 Å². The third-order valence-corrected chi connectivity index (χ3v) is 12.0. The molecule has 2 heterocycles. The van der Waals surface area contributed by atoms with Gasteiger partial charge in [0, 0.05) is 53.9 Å². The standard InChI is InChI=1S/C39H51N3O5/c1-25-8-10-30(11-9-25)36-33-7-5-17-41-37(33)34(23-35(36)43-3)42-26(2)6-4-16-40-24-27-12-14-38(15-13-27)44-46-39(47-45-38)31-19-28-18-29(21-31)22-32(39)20-28/h5,7-11,17,23,26-29,31-32,40,42H,4,6,12-16,18-22,24H2,1-3H3. The Hall–Kier alpha value is -2.75.